The van der Waals surface area contributed by atoms with Gasteiger partial charge in [0.25, 0.3) is 0 Å². The molecule has 3 N–H and O–H groups in total. The van der Waals surface area contributed by atoms with Crippen LogP contribution in [0.15, 0.2) is 127 Å². The second-order valence-electron chi connectivity index (χ2n) is 12.5. The van der Waals surface area contributed by atoms with Crippen LogP contribution < -0.4 is 10.6 Å². The highest BCUT2D eigenvalue weighted by Gasteiger charge is 2.38. The van der Waals surface area contributed by atoms with E-state index >= 15 is 0 Å². The van der Waals surface area contributed by atoms with Crippen molar-refractivity contribution in [2.75, 3.05) is 12.9 Å². The summed E-state index contributed by atoms with van der Waals surface area (Å²) < 4.78 is 18.2. The molecule has 1 fully saturated rings. The molecule has 0 radical (unpaired) electrons. The molecule has 2 amide bonds. The van der Waals surface area contributed by atoms with Gasteiger partial charge in [-0.05, 0) is 39.4 Å². The summed E-state index contributed by atoms with van der Waals surface area (Å²) in [5, 5.41) is 15.9. The van der Waals surface area contributed by atoms with E-state index in [9.17, 15) is 14.7 Å². The van der Waals surface area contributed by atoms with Gasteiger partial charge < -0.3 is 30.0 Å². The first-order chi connectivity index (χ1) is 25.4. The average Bonchev–Trinajstić information content (AvgIpc) is 3.20. The van der Waals surface area contributed by atoms with Crippen LogP contribution in [-0.4, -0.2) is 52.1 Å². The van der Waals surface area contributed by atoms with E-state index in [1.54, 1.807) is 30.2 Å². The SMILES string of the molecule is COC(=O)[C@H](Cc1ccccc1)NC(=O)NCc1ccccc1-c1ccc([C@@H]2O[C@H](CSc3ncccn3)[C@H](C)[C@H](c3ccc(CO)cc3)O2)cc1. The second kappa shape index (κ2) is 17.9. The number of methoxy groups -OCH3 is 1. The maximum absolute atomic E-state index is 13.0. The van der Waals surface area contributed by atoms with E-state index in [4.69, 9.17) is 14.2 Å². The van der Waals surface area contributed by atoms with Gasteiger partial charge in [-0.25, -0.2) is 19.6 Å². The predicted octanol–water partition coefficient (Wildman–Crippen LogP) is 6.80. The summed E-state index contributed by atoms with van der Waals surface area (Å²) in [5.74, 6) is 0.167. The minimum absolute atomic E-state index is 0.0210. The first-order valence-electron chi connectivity index (χ1n) is 17.2. The molecular weight excluding hydrogens is 677 g/mol. The van der Waals surface area contributed by atoms with E-state index in [1.807, 2.05) is 103 Å². The Kier molecular flexibility index (Phi) is 12.7. The molecule has 5 atom stereocenters. The molecule has 2 heterocycles. The quantitative estimate of drug-likeness (QED) is 0.0683. The number of benzene rings is 4. The van der Waals surface area contributed by atoms with Crippen molar-refractivity contribution in [1.29, 1.82) is 0 Å². The minimum atomic E-state index is -0.827. The van der Waals surface area contributed by atoms with Crippen LogP contribution in [-0.2, 0) is 38.6 Å². The molecular formula is C41H42N4O6S. The Labute approximate surface area is 308 Å². The van der Waals surface area contributed by atoms with Gasteiger partial charge >= 0.3 is 12.0 Å². The standard InChI is InChI=1S/C41H42N4O6S/c1-27-36(26-52-41-42-21-8-22-43-41)50-39(51-37(27)31-15-13-29(25-46)14-16-31)32-19-17-30(18-20-32)34-12-7-6-11-33(34)24-44-40(48)45-35(38(47)49-2)23-28-9-4-3-5-10-28/h3-22,27,35-37,39,46H,23-26H2,1-2H3,(H2,44,45,48)/t27-,35-,36+,37+,39+/m0/s1. The number of aromatic nitrogens is 2. The van der Waals surface area contributed by atoms with Crippen LogP contribution in [0.25, 0.3) is 11.1 Å². The number of aliphatic hydroxyl groups excluding tert-OH is 1. The largest absolute Gasteiger partial charge is 0.467 e. The average molecular weight is 719 g/mol. The summed E-state index contributed by atoms with van der Waals surface area (Å²) in [7, 11) is 1.31. The zero-order valence-electron chi connectivity index (χ0n) is 29.1. The Bertz CT molecular complexity index is 1900. The molecule has 6 rings (SSSR count). The number of carbonyl (C=O) groups excluding carboxylic acids is 2. The van der Waals surface area contributed by atoms with Crippen molar-refractivity contribution in [2.24, 2.45) is 5.92 Å². The molecule has 0 aliphatic carbocycles. The fourth-order valence-electron chi connectivity index (χ4n) is 6.17. The van der Waals surface area contributed by atoms with E-state index in [0.29, 0.717) is 17.3 Å². The molecule has 1 aromatic heterocycles. The molecule has 10 nitrogen and oxygen atoms in total. The number of thioether (sulfide) groups is 1. The van der Waals surface area contributed by atoms with Crippen LogP contribution in [0.2, 0.25) is 0 Å². The first-order valence-corrected chi connectivity index (χ1v) is 18.1. The summed E-state index contributed by atoms with van der Waals surface area (Å²) in [6, 6.07) is 33.8. The Morgan fingerprint density at radius 1 is 0.846 bits per heavy atom. The third kappa shape index (κ3) is 9.42. The summed E-state index contributed by atoms with van der Waals surface area (Å²) >= 11 is 1.55. The van der Waals surface area contributed by atoms with Crippen LogP contribution in [0.4, 0.5) is 4.79 Å². The molecule has 52 heavy (non-hydrogen) atoms. The lowest BCUT2D eigenvalue weighted by Crippen LogP contribution is -2.47. The lowest BCUT2D eigenvalue weighted by atomic mass is 9.91. The monoisotopic (exact) mass is 718 g/mol. The van der Waals surface area contributed by atoms with Crippen molar-refractivity contribution < 1.29 is 28.9 Å². The van der Waals surface area contributed by atoms with E-state index in [0.717, 1.165) is 38.9 Å². The molecule has 268 valence electrons. The zero-order valence-corrected chi connectivity index (χ0v) is 29.9. The summed E-state index contributed by atoms with van der Waals surface area (Å²) in [5.41, 5.74) is 6.48. The van der Waals surface area contributed by atoms with E-state index in [1.165, 1.54) is 7.11 Å². The Balaban J connectivity index is 1.15. The summed E-state index contributed by atoms with van der Waals surface area (Å²) in [6.07, 6.45) is 2.77. The Morgan fingerprint density at radius 2 is 1.54 bits per heavy atom. The van der Waals surface area contributed by atoms with Gasteiger partial charge in [0, 0.05) is 42.6 Å². The van der Waals surface area contributed by atoms with Crippen LogP contribution in [0, 0.1) is 5.92 Å². The number of aliphatic hydroxyl groups is 1. The highest BCUT2D eigenvalue weighted by molar-refractivity contribution is 7.99. The fraction of sp³-hybridized carbons (Fsp3) is 0.268. The van der Waals surface area contributed by atoms with Gasteiger partial charge in [-0.1, -0.05) is 122 Å². The van der Waals surface area contributed by atoms with Gasteiger partial charge in [-0.15, -0.1) is 0 Å². The molecule has 1 saturated heterocycles. The van der Waals surface area contributed by atoms with Gasteiger partial charge in [0.2, 0.25) is 0 Å². The van der Waals surface area contributed by atoms with Crippen LogP contribution in [0.3, 0.4) is 0 Å². The number of hydrogen-bond acceptors (Lipinski definition) is 9. The smallest absolute Gasteiger partial charge is 0.328 e. The maximum Gasteiger partial charge on any atom is 0.328 e. The maximum atomic E-state index is 13.0. The van der Waals surface area contributed by atoms with Gasteiger partial charge in [0.05, 0.1) is 25.9 Å². The predicted molar refractivity (Wildman–Crippen MR) is 199 cm³/mol. The molecule has 1 aliphatic rings. The molecule has 0 unspecified atom stereocenters. The topological polar surface area (TPSA) is 132 Å². The normalized spacial score (nSPS) is 19.0. The molecule has 11 heteroatoms. The van der Waals surface area contributed by atoms with Crippen molar-refractivity contribution in [1.82, 2.24) is 20.6 Å². The number of nitrogens with one attached hydrogen (secondary N) is 2. The number of ether oxygens (including phenoxy) is 3. The van der Waals surface area contributed by atoms with Gasteiger partial charge in [0.15, 0.2) is 11.4 Å². The molecule has 0 saturated carbocycles. The number of rotatable bonds is 13. The summed E-state index contributed by atoms with van der Waals surface area (Å²) in [4.78, 5) is 34.1. The highest BCUT2D eigenvalue weighted by Crippen LogP contribution is 2.43. The Hall–Kier alpha value is -5.07. The van der Waals surface area contributed by atoms with Gasteiger partial charge in [-0.2, -0.15) is 0 Å². The molecule has 4 aromatic carbocycles. The summed E-state index contributed by atoms with van der Waals surface area (Å²) in [6.45, 7) is 2.36. The van der Waals surface area contributed by atoms with Gasteiger partial charge in [0.1, 0.15) is 6.04 Å². The highest BCUT2D eigenvalue weighted by atomic mass is 32.2. The Morgan fingerprint density at radius 3 is 2.25 bits per heavy atom. The van der Waals surface area contributed by atoms with Crippen molar-refractivity contribution in [3.05, 3.63) is 149 Å². The zero-order chi connectivity index (χ0) is 36.3. The fourth-order valence-corrected chi connectivity index (χ4v) is 7.14. The first kappa shape index (κ1) is 36.7. The van der Waals surface area contributed by atoms with Crippen molar-refractivity contribution in [2.45, 2.75) is 56.2 Å². The third-order valence-electron chi connectivity index (χ3n) is 9.07. The van der Waals surface area contributed by atoms with E-state index < -0.39 is 24.3 Å². The second-order valence-corrected chi connectivity index (χ2v) is 13.5. The van der Waals surface area contributed by atoms with Crippen molar-refractivity contribution in [3.8, 4) is 11.1 Å². The number of nitrogens with zero attached hydrogens (tertiary/aromatic N) is 2. The lowest BCUT2D eigenvalue weighted by Gasteiger charge is -2.41. The minimum Gasteiger partial charge on any atom is -0.467 e. The van der Waals surface area contributed by atoms with Crippen LogP contribution in [0.5, 0.6) is 0 Å². The number of amides is 2. The lowest BCUT2D eigenvalue weighted by molar-refractivity contribution is -0.268. The molecule has 0 spiro atoms. The molecule has 1 aliphatic heterocycles. The van der Waals surface area contributed by atoms with Crippen LogP contribution in [0.1, 0.15) is 47.1 Å². The van der Waals surface area contributed by atoms with Crippen molar-refractivity contribution in [3.63, 3.8) is 0 Å². The number of esters is 1. The number of carbonyl (C=O) groups is 2. The molecule has 0 bridgehead atoms. The van der Waals surface area contributed by atoms with E-state index in [-0.39, 0.29) is 31.3 Å². The number of urea groups is 1. The van der Waals surface area contributed by atoms with Crippen molar-refractivity contribution >= 4 is 23.8 Å². The number of hydrogen-bond donors (Lipinski definition) is 3. The van der Waals surface area contributed by atoms with E-state index in [2.05, 4.69) is 27.5 Å². The van der Waals surface area contributed by atoms with Gasteiger partial charge in [-0.3, -0.25) is 0 Å². The van der Waals surface area contributed by atoms with Crippen LogP contribution >= 0.6 is 11.8 Å². The molecule has 5 aromatic rings. The third-order valence-corrected chi connectivity index (χ3v) is 10.0.